The highest BCUT2D eigenvalue weighted by Gasteiger charge is 2.05. The number of furan rings is 1. The quantitative estimate of drug-likeness (QED) is 0.403. The molecule has 0 aliphatic carbocycles. The van der Waals surface area contributed by atoms with Gasteiger partial charge in [0, 0.05) is 6.54 Å². The van der Waals surface area contributed by atoms with Crippen LogP contribution in [0, 0.1) is 0 Å². The van der Waals surface area contributed by atoms with Crippen LogP contribution in [-0.2, 0) is 6.54 Å². The van der Waals surface area contributed by atoms with Gasteiger partial charge in [0.25, 0.3) is 0 Å². The molecule has 0 saturated heterocycles. The normalized spacial score (nSPS) is 12.2. The Morgan fingerprint density at radius 2 is 1.96 bits per heavy atom. The Hall–Kier alpha value is -1.70. The Kier molecular flexibility index (Phi) is 9.20. The smallest absolute Gasteiger partial charge is 0.191 e. The molecule has 0 amide bonds. The van der Waals surface area contributed by atoms with E-state index in [1.54, 1.807) is 6.26 Å². The molecule has 0 aliphatic heterocycles. The Bertz CT molecular complexity index is 558. The topological polar surface area (TPSA) is 58.8 Å². The van der Waals surface area contributed by atoms with Crippen LogP contribution < -0.4 is 15.4 Å². The lowest BCUT2D eigenvalue weighted by Crippen LogP contribution is -2.41. The second-order valence-corrected chi connectivity index (χ2v) is 4.90. The van der Waals surface area contributed by atoms with Crippen molar-refractivity contribution in [1.82, 2.24) is 10.6 Å². The number of hydrogen-bond donors (Lipinski definition) is 2. The highest BCUT2D eigenvalue weighted by molar-refractivity contribution is 14.0. The summed E-state index contributed by atoms with van der Waals surface area (Å²) in [4.78, 5) is 4.48. The standard InChI is InChI=1S/C17H23N3O2.HI/c1-3-18-17(20-13-16-10-7-11-21-16)19-12-14(2)22-15-8-5-4-6-9-15;/h4-11,14H,3,12-13H2,1-2H3,(H2,18,19,20);1H. The van der Waals surface area contributed by atoms with Crippen molar-refractivity contribution in [1.29, 1.82) is 0 Å². The van der Waals surface area contributed by atoms with Gasteiger partial charge in [-0.25, -0.2) is 4.99 Å². The van der Waals surface area contributed by atoms with E-state index in [1.807, 2.05) is 56.3 Å². The minimum Gasteiger partial charge on any atom is -0.489 e. The molecule has 1 aromatic carbocycles. The first-order valence-corrected chi connectivity index (χ1v) is 7.54. The van der Waals surface area contributed by atoms with Crippen LogP contribution in [-0.4, -0.2) is 25.2 Å². The summed E-state index contributed by atoms with van der Waals surface area (Å²) >= 11 is 0. The first-order chi connectivity index (χ1) is 10.8. The van der Waals surface area contributed by atoms with E-state index in [2.05, 4.69) is 15.6 Å². The minimum absolute atomic E-state index is 0. The van der Waals surface area contributed by atoms with Gasteiger partial charge in [-0.05, 0) is 38.1 Å². The molecule has 1 heterocycles. The molecule has 0 bridgehead atoms. The van der Waals surface area contributed by atoms with Gasteiger partial charge in [-0.15, -0.1) is 24.0 Å². The number of benzene rings is 1. The zero-order valence-electron chi connectivity index (χ0n) is 13.5. The third kappa shape index (κ3) is 7.40. The summed E-state index contributed by atoms with van der Waals surface area (Å²) < 4.78 is 11.1. The third-order valence-corrected chi connectivity index (χ3v) is 2.95. The van der Waals surface area contributed by atoms with Gasteiger partial charge in [0.2, 0.25) is 0 Å². The molecule has 2 rings (SSSR count). The Balaban J connectivity index is 0.00000264. The molecule has 2 aromatic rings. The van der Waals surface area contributed by atoms with Crippen molar-refractivity contribution in [3.8, 4) is 5.75 Å². The van der Waals surface area contributed by atoms with E-state index in [0.717, 1.165) is 24.0 Å². The van der Waals surface area contributed by atoms with E-state index >= 15 is 0 Å². The Morgan fingerprint density at radius 1 is 1.17 bits per heavy atom. The van der Waals surface area contributed by atoms with E-state index in [4.69, 9.17) is 9.15 Å². The van der Waals surface area contributed by atoms with Crippen molar-refractivity contribution < 1.29 is 9.15 Å². The maximum atomic E-state index is 5.83. The number of rotatable bonds is 7. The molecule has 0 saturated carbocycles. The third-order valence-electron chi connectivity index (χ3n) is 2.95. The van der Waals surface area contributed by atoms with Gasteiger partial charge >= 0.3 is 0 Å². The lowest BCUT2D eigenvalue weighted by atomic mass is 10.3. The number of aliphatic imine (C=N–C) groups is 1. The lowest BCUT2D eigenvalue weighted by molar-refractivity contribution is 0.224. The molecule has 23 heavy (non-hydrogen) atoms. The second kappa shape index (κ2) is 10.9. The fraction of sp³-hybridized carbons (Fsp3) is 0.353. The van der Waals surface area contributed by atoms with Crippen LogP contribution in [0.1, 0.15) is 19.6 Å². The maximum absolute atomic E-state index is 5.83. The molecule has 0 fully saturated rings. The first kappa shape index (κ1) is 19.3. The average molecular weight is 429 g/mol. The molecule has 1 aromatic heterocycles. The van der Waals surface area contributed by atoms with Crippen LogP contribution in [0.3, 0.4) is 0 Å². The van der Waals surface area contributed by atoms with Crippen molar-refractivity contribution in [2.75, 3.05) is 13.1 Å². The number of halogens is 1. The van der Waals surface area contributed by atoms with Gasteiger partial charge in [-0.1, -0.05) is 18.2 Å². The second-order valence-electron chi connectivity index (χ2n) is 4.90. The lowest BCUT2D eigenvalue weighted by Gasteiger charge is -2.17. The summed E-state index contributed by atoms with van der Waals surface area (Å²) in [5, 5.41) is 6.48. The number of hydrogen-bond acceptors (Lipinski definition) is 3. The summed E-state index contributed by atoms with van der Waals surface area (Å²) in [5.74, 6) is 2.46. The van der Waals surface area contributed by atoms with Gasteiger partial charge in [0.1, 0.15) is 24.2 Å². The Labute approximate surface area is 154 Å². The Morgan fingerprint density at radius 3 is 2.61 bits per heavy atom. The summed E-state index contributed by atoms with van der Waals surface area (Å²) in [5.41, 5.74) is 0. The molecule has 1 unspecified atom stereocenters. The van der Waals surface area contributed by atoms with Crippen molar-refractivity contribution in [3.05, 3.63) is 54.5 Å². The molecule has 1 atom stereocenters. The number of guanidine groups is 1. The predicted molar refractivity (Wildman–Crippen MR) is 103 cm³/mol. The van der Waals surface area contributed by atoms with Crippen LogP contribution >= 0.6 is 24.0 Å². The maximum Gasteiger partial charge on any atom is 0.191 e. The van der Waals surface area contributed by atoms with Gasteiger partial charge in [0.05, 0.1) is 12.8 Å². The SMILES string of the molecule is CCNC(=NCc1ccco1)NCC(C)Oc1ccccc1.I. The highest BCUT2D eigenvalue weighted by Crippen LogP contribution is 2.10. The molecule has 0 radical (unpaired) electrons. The monoisotopic (exact) mass is 429 g/mol. The van der Waals surface area contributed by atoms with E-state index < -0.39 is 0 Å². The van der Waals surface area contributed by atoms with Crippen LogP contribution in [0.5, 0.6) is 5.75 Å². The zero-order chi connectivity index (χ0) is 15.6. The summed E-state index contributed by atoms with van der Waals surface area (Å²) in [6.45, 7) is 6.04. The summed E-state index contributed by atoms with van der Waals surface area (Å²) in [6, 6.07) is 13.6. The van der Waals surface area contributed by atoms with Crippen molar-refractivity contribution in [2.24, 2.45) is 4.99 Å². The number of nitrogens with zero attached hydrogens (tertiary/aromatic N) is 1. The van der Waals surface area contributed by atoms with E-state index in [1.165, 1.54) is 0 Å². The number of nitrogens with one attached hydrogen (secondary N) is 2. The fourth-order valence-electron chi connectivity index (χ4n) is 1.91. The highest BCUT2D eigenvalue weighted by atomic mass is 127. The first-order valence-electron chi connectivity index (χ1n) is 7.54. The molecule has 0 aliphatic rings. The van der Waals surface area contributed by atoms with E-state index in [0.29, 0.717) is 13.1 Å². The number of para-hydroxylation sites is 1. The molecule has 126 valence electrons. The molecular weight excluding hydrogens is 405 g/mol. The van der Waals surface area contributed by atoms with Crippen molar-refractivity contribution in [3.63, 3.8) is 0 Å². The van der Waals surface area contributed by atoms with Gasteiger partial charge in [-0.3, -0.25) is 0 Å². The minimum atomic E-state index is 0. The zero-order valence-corrected chi connectivity index (χ0v) is 15.8. The molecule has 0 spiro atoms. The van der Waals surface area contributed by atoms with Crippen molar-refractivity contribution in [2.45, 2.75) is 26.5 Å². The van der Waals surface area contributed by atoms with E-state index in [-0.39, 0.29) is 30.1 Å². The van der Waals surface area contributed by atoms with Gasteiger partial charge in [-0.2, -0.15) is 0 Å². The van der Waals surface area contributed by atoms with E-state index in [9.17, 15) is 0 Å². The number of ether oxygens (including phenoxy) is 1. The fourth-order valence-corrected chi connectivity index (χ4v) is 1.91. The predicted octanol–water partition coefficient (Wildman–Crippen LogP) is 3.42. The van der Waals surface area contributed by atoms with Gasteiger partial charge in [0.15, 0.2) is 5.96 Å². The largest absolute Gasteiger partial charge is 0.489 e. The summed E-state index contributed by atoms with van der Waals surface area (Å²) in [6.07, 6.45) is 1.69. The average Bonchev–Trinajstić information content (AvgIpc) is 3.04. The molecule has 6 heteroatoms. The van der Waals surface area contributed by atoms with Crippen LogP contribution in [0.25, 0.3) is 0 Å². The van der Waals surface area contributed by atoms with Crippen LogP contribution in [0.15, 0.2) is 58.1 Å². The molecule has 2 N–H and O–H groups in total. The molecule has 5 nitrogen and oxygen atoms in total. The van der Waals surface area contributed by atoms with Crippen LogP contribution in [0.2, 0.25) is 0 Å². The summed E-state index contributed by atoms with van der Waals surface area (Å²) in [7, 11) is 0. The van der Waals surface area contributed by atoms with Gasteiger partial charge < -0.3 is 19.8 Å². The van der Waals surface area contributed by atoms with Crippen LogP contribution in [0.4, 0.5) is 0 Å². The van der Waals surface area contributed by atoms with Crippen molar-refractivity contribution >= 4 is 29.9 Å². The molecular formula is C17H24IN3O2.